The molecule has 0 saturated carbocycles. The van der Waals surface area contributed by atoms with Gasteiger partial charge in [0.15, 0.2) is 27.7 Å². The van der Waals surface area contributed by atoms with Gasteiger partial charge in [-0.3, -0.25) is 5.10 Å². The Balaban J connectivity index is 2.38. The van der Waals surface area contributed by atoms with Crippen LogP contribution >= 0.6 is 23.4 Å². The molecule has 2 N–H and O–H groups in total. The van der Waals surface area contributed by atoms with Crippen molar-refractivity contribution < 1.29 is 4.74 Å². The maximum atomic E-state index is 6.03. The first kappa shape index (κ1) is 13.0. The fourth-order valence-electron chi connectivity index (χ4n) is 1.36. The molecule has 18 heavy (non-hydrogen) atoms. The zero-order valence-corrected chi connectivity index (χ0v) is 11.7. The Morgan fingerprint density at radius 2 is 2.22 bits per heavy atom. The number of rotatable bonds is 4. The Morgan fingerprint density at radius 1 is 1.44 bits per heavy atom. The van der Waals surface area contributed by atoms with E-state index in [9.17, 15) is 0 Å². The zero-order chi connectivity index (χ0) is 13.1. The number of methoxy groups -OCH3 is 1. The first-order valence-electron chi connectivity index (χ1n) is 5.08. The Bertz CT molecular complexity index is 559. The number of aryl methyl sites for hydroxylation is 1. The average molecular weight is 286 g/mol. The largest absolute Gasteiger partial charge is 0.490 e. The van der Waals surface area contributed by atoms with E-state index in [2.05, 4.69) is 25.5 Å². The van der Waals surface area contributed by atoms with E-state index >= 15 is 0 Å². The van der Waals surface area contributed by atoms with Crippen LogP contribution in [0.2, 0.25) is 5.15 Å². The Labute approximate surface area is 114 Å². The van der Waals surface area contributed by atoms with Gasteiger partial charge in [-0.25, -0.2) is 9.97 Å². The number of ether oxygens (including phenoxy) is 1. The van der Waals surface area contributed by atoms with Crippen LogP contribution < -0.4 is 10.1 Å². The number of aromatic nitrogens is 4. The number of nitrogens with zero attached hydrogens (tertiary/aromatic N) is 3. The number of anilines is 2. The lowest BCUT2D eigenvalue weighted by atomic mass is 10.4. The first-order valence-corrected chi connectivity index (χ1v) is 6.69. The lowest BCUT2D eigenvalue weighted by Crippen LogP contribution is -2.01. The summed E-state index contributed by atoms with van der Waals surface area (Å²) in [6, 6.07) is 1.86. The molecule has 0 spiro atoms. The van der Waals surface area contributed by atoms with Crippen LogP contribution in [0.3, 0.4) is 0 Å². The lowest BCUT2D eigenvalue weighted by Gasteiger charge is -2.10. The summed E-state index contributed by atoms with van der Waals surface area (Å²) < 4.78 is 5.19. The Morgan fingerprint density at radius 3 is 2.78 bits per heavy atom. The second kappa shape index (κ2) is 5.45. The van der Waals surface area contributed by atoms with Crippen molar-refractivity contribution in [3.63, 3.8) is 0 Å². The van der Waals surface area contributed by atoms with Gasteiger partial charge in [0, 0.05) is 11.8 Å². The van der Waals surface area contributed by atoms with E-state index in [-0.39, 0.29) is 5.15 Å². The van der Waals surface area contributed by atoms with Crippen LogP contribution in [0.25, 0.3) is 0 Å². The minimum atomic E-state index is 0.270. The van der Waals surface area contributed by atoms with Crippen molar-refractivity contribution in [1.82, 2.24) is 20.2 Å². The van der Waals surface area contributed by atoms with Crippen molar-refractivity contribution in [2.24, 2.45) is 0 Å². The van der Waals surface area contributed by atoms with Crippen molar-refractivity contribution in [1.29, 1.82) is 0 Å². The monoisotopic (exact) mass is 285 g/mol. The molecule has 0 aliphatic rings. The summed E-state index contributed by atoms with van der Waals surface area (Å²) >= 11 is 7.43. The zero-order valence-electron chi connectivity index (χ0n) is 10.1. The number of halogens is 1. The van der Waals surface area contributed by atoms with Gasteiger partial charge < -0.3 is 10.1 Å². The van der Waals surface area contributed by atoms with E-state index in [1.807, 2.05) is 19.2 Å². The van der Waals surface area contributed by atoms with Crippen LogP contribution in [0.15, 0.2) is 11.2 Å². The van der Waals surface area contributed by atoms with E-state index in [0.29, 0.717) is 22.5 Å². The first-order chi connectivity index (χ1) is 8.63. The second-order valence-electron chi connectivity index (χ2n) is 3.44. The minimum absolute atomic E-state index is 0.270. The summed E-state index contributed by atoms with van der Waals surface area (Å²) in [5.74, 6) is 1.54. The maximum Gasteiger partial charge on any atom is 0.199 e. The van der Waals surface area contributed by atoms with Gasteiger partial charge in [0.05, 0.1) is 7.11 Å². The van der Waals surface area contributed by atoms with Crippen molar-refractivity contribution in [3.8, 4) is 5.75 Å². The molecule has 8 heteroatoms. The predicted molar refractivity (Wildman–Crippen MR) is 72.0 cm³/mol. The molecule has 0 aliphatic carbocycles. The number of nitrogens with one attached hydrogen (secondary N) is 2. The summed E-state index contributed by atoms with van der Waals surface area (Å²) in [6.07, 6.45) is 1.88. The van der Waals surface area contributed by atoms with E-state index in [1.165, 1.54) is 18.9 Å². The van der Waals surface area contributed by atoms with Gasteiger partial charge in [0.2, 0.25) is 0 Å². The molecule has 0 amide bonds. The number of aromatic amines is 1. The summed E-state index contributed by atoms with van der Waals surface area (Å²) in [5, 5.41) is 10.8. The molecule has 0 radical (unpaired) electrons. The summed E-state index contributed by atoms with van der Waals surface area (Å²) in [6.45, 7) is 1.91. The molecule has 0 aromatic carbocycles. The van der Waals surface area contributed by atoms with E-state index in [0.717, 1.165) is 5.69 Å². The van der Waals surface area contributed by atoms with Crippen molar-refractivity contribution in [2.45, 2.75) is 12.1 Å². The van der Waals surface area contributed by atoms with Gasteiger partial charge >= 0.3 is 0 Å². The molecule has 2 aromatic heterocycles. The number of hydrogen-bond acceptors (Lipinski definition) is 6. The SMILES string of the molecule is COc1c(Cl)nc(SC)nc1Nc1cc(C)[nH]n1. The quantitative estimate of drug-likeness (QED) is 0.511. The molecule has 6 nitrogen and oxygen atoms in total. The highest BCUT2D eigenvalue weighted by atomic mass is 35.5. The maximum absolute atomic E-state index is 6.03. The van der Waals surface area contributed by atoms with Crippen molar-refractivity contribution >= 4 is 35.0 Å². The highest BCUT2D eigenvalue weighted by Crippen LogP contribution is 2.33. The molecule has 2 aromatic rings. The third kappa shape index (κ3) is 2.68. The topological polar surface area (TPSA) is 75.7 Å². The molecule has 2 heterocycles. The molecule has 0 aliphatic heterocycles. The lowest BCUT2D eigenvalue weighted by molar-refractivity contribution is 0.412. The fraction of sp³-hybridized carbons (Fsp3) is 0.300. The number of thioether (sulfide) groups is 1. The van der Waals surface area contributed by atoms with Crippen LogP contribution in [0.5, 0.6) is 5.75 Å². The molecular formula is C10H12ClN5OS. The van der Waals surface area contributed by atoms with Crippen molar-refractivity contribution in [3.05, 3.63) is 16.9 Å². The number of hydrogen-bond donors (Lipinski definition) is 2. The van der Waals surface area contributed by atoms with Gasteiger partial charge in [-0.05, 0) is 13.2 Å². The van der Waals surface area contributed by atoms with Gasteiger partial charge in [0.25, 0.3) is 0 Å². The molecule has 0 saturated heterocycles. The summed E-state index contributed by atoms with van der Waals surface area (Å²) in [5.41, 5.74) is 0.946. The standard InChI is InChI=1S/C10H12ClN5OS/c1-5-4-6(16-15-5)12-9-7(17-2)8(11)13-10(14-9)18-3/h4H,1-3H3,(H2,12,13,14,15,16). The highest BCUT2D eigenvalue weighted by molar-refractivity contribution is 7.98. The minimum Gasteiger partial charge on any atom is -0.490 e. The molecule has 0 fully saturated rings. The fourth-order valence-corrected chi connectivity index (χ4v) is 2.03. The Hall–Kier alpha value is -1.47. The van der Waals surface area contributed by atoms with Gasteiger partial charge in [-0.2, -0.15) is 5.10 Å². The van der Waals surface area contributed by atoms with Crippen LogP contribution in [0.1, 0.15) is 5.69 Å². The smallest absolute Gasteiger partial charge is 0.199 e. The third-order valence-corrected chi connectivity index (χ3v) is 2.95. The van der Waals surface area contributed by atoms with Gasteiger partial charge in [0.1, 0.15) is 0 Å². The number of H-pyrrole nitrogens is 1. The average Bonchev–Trinajstić information content (AvgIpc) is 2.74. The van der Waals surface area contributed by atoms with Gasteiger partial charge in [-0.1, -0.05) is 23.4 Å². The van der Waals surface area contributed by atoms with Crippen LogP contribution in [-0.2, 0) is 0 Å². The molecule has 96 valence electrons. The van der Waals surface area contributed by atoms with E-state index in [1.54, 1.807) is 0 Å². The van der Waals surface area contributed by atoms with E-state index in [4.69, 9.17) is 16.3 Å². The summed E-state index contributed by atoms with van der Waals surface area (Å²) in [7, 11) is 1.52. The Kier molecular flexibility index (Phi) is 3.93. The second-order valence-corrected chi connectivity index (χ2v) is 4.58. The van der Waals surface area contributed by atoms with E-state index < -0.39 is 0 Å². The van der Waals surface area contributed by atoms with Crippen LogP contribution in [-0.4, -0.2) is 33.5 Å². The molecule has 2 rings (SSSR count). The third-order valence-electron chi connectivity index (χ3n) is 2.14. The molecule has 0 unspecified atom stereocenters. The highest BCUT2D eigenvalue weighted by Gasteiger charge is 2.14. The van der Waals surface area contributed by atoms with Gasteiger partial charge in [-0.15, -0.1) is 0 Å². The van der Waals surface area contributed by atoms with Crippen molar-refractivity contribution in [2.75, 3.05) is 18.7 Å². The molecular weight excluding hydrogens is 274 g/mol. The predicted octanol–water partition coefficient (Wildman–Crippen LogP) is 2.64. The molecule has 0 bridgehead atoms. The van der Waals surface area contributed by atoms with Crippen LogP contribution in [0.4, 0.5) is 11.6 Å². The molecule has 0 atom stereocenters. The normalized spacial score (nSPS) is 10.4. The van der Waals surface area contributed by atoms with Crippen LogP contribution in [0, 0.1) is 6.92 Å². The summed E-state index contributed by atoms with van der Waals surface area (Å²) in [4.78, 5) is 8.40.